The minimum absolute atomic E-state index is 0.245. The molecule has 5 heteroatoms. The van der Waals surface area contributed by atoms with Crippen molar-refractivity contribution in [1.82, 2.24) is 14.7 Å². The van der Waals surface area contributed by atoms with Crippen molar-refractivity contribution in [1.29, 1.82) is 0 Å². The number of carboxylic acid groups (broad SMARTS) is 1. The molecule has 94 valence electrons. The Balaban J connectivity index is 1.92. The Kier molecular flexibility index (Phi) is 3.19. The molecule has 1 saturated heterocycles. The Morgan fingerprint density at radius 2 is 2.18 bits per heavy atom. The van der Waals surface area contributed by atoms with Crippen LogP contribution in [0.3, 0.4) is 0 Å². The van der Waals surface area contributed by atoms with E-state index in [0.717, 1.165) is 13.1 Å². The van der Waals surface area contributed by atoms with E-state index in [4.69, 9.17) is 5.11 Å². The van der Waals surface area contributed by atoms with Crippen LogP contribution in [-0.2, 0) is 11.8 Å². The highest BCUT2D eigenvalue weighted by atomic mass is 16.4. The molecule has 2 rings (SSSR count). The Morgan fingerprint density at radius 1 is 1.53 bits per heavy atom. The molecule has 1 N–H and O–H groups in total. The maximum absolute atomic E-state index is 10.9. The van der Waals surface area contributed by atoms with E-state index in [2.05, 4.69) is 16.9 Å². The number of nitrogens with zero attached hydrogens (tertiary/aromatic N) is 3. The van der Waals surface area contributed by atoms with Gasteiger partial charge in [-0.15, -0.1) is 0 Å². The lowest BCUT2D eigenvalue weighted by molar-refractivity contribution is -0.146. The Hall–Kier alpha value is -1.36. The van der Waals surface area contributed by atoms with Gasteiger partial charge < -0.3 is 5.11 Å². The highest BCUT2D eigenvalue weighted by molar-refractivity contribution is 5.70. The first-order valence-electron chi connectivity index (χ1n) is 5.95. The van der Waals surface area contributed by atoms with Crippen LogP contribution < -0.4 is 0 Å². The fraction of sp³-hybridized carbons (Fsp3) is 0.667. The summed E-state index contributed by atoms with van der Waals surface area (Å²) < 4.78 is 1.87. The molecule has 0 spiro atoms. The molecule has 0 radical (unpaired) electrons. The van der Waals surface area contributed by atoms with E-state index in [1.807, 2.05) is 17.8 Å². The summed E-state index contributed by atoms with van der Waals surface area (Å²) in [7, 11) is 1.93. The van der Waals surface area contributed by atoms with Gasteiger partial charge in [0.25, 0.3) is 0 Å². The van der Waals surface area contributed by atoms with Crippen molar-refractivity contribution in [2.24, 2.45) is 18.9 Å². The van der Waals surface area contributed by atoms with Crippen molar-refractivity contribution in [3.63, 3.8) is 0 Å². The quantitative estimate of drug-likeness (QED) is 0.853. The van der Waals surface area contributed by atoms with E-state index in [1.54, 1.807) is 13.1 Å². The fourth-order valence-corrected chi connectivity index (χ4v) is 2.36. The van der Waals surface area contributed by atoms with Gasteiger partial charge in [0, 0.05) is 32.4 Å². The van der Waals surface area contributed by atoms with Crippen LogP contribution in [0.5, 0.6) is 0 Å². The summed E-state index contributed by atoms with van der Waals surface area (Å²) in [4.78, 5) is 13.2. The highest BCUT2D eigenvalue weighted by Crippen LogP contribution is 2.31. The number of likely N-dealkylation sites (tertiary alicyclic amines) is 1. The standard InChI is InChI=1S/C12H19N3O2/c1-8(12(16)17)10-6-15(7-10)9(2)11-4-5-13-14(11)3/h4-5,8-10H,6-7H2,1-3H3,(H,16,17). The van der Waals surface area contributed by atoms with E-state index in [1.165, 1.54) is 5.69 Å². The number of hydrogen-bond donors (Lipinski definition) is 1. The van der Waals surface area contributed by atoms with Crippen molar-refractivity contribution >= 4 is 5.97 Å². The smallest absolute Gasteiger partial charge is 0.306 e. The Morgan fingerprint density at radius 3 is 2.65 bits per heavy atom. The van der Waals surface area contributed by atoms with Crippen LogP contribution in [0.4, 0.5) is 0 Å². The van der Waals surface area contributed by atoms with E-state index in [0.29, 0.717) is 6.04 Å². The molecule has 5 nitrogen and oxygen atoms in total. The number of hydrogen-bond acceptors (Lipinski definition) is 3. The molecule has 2 heterocycles. The first-order chi connectivity index (χ1) is 8.00. The van der Waals surface area contributed by atoms with Crippen LogP contribution in [0.2, 0.25) is 0 Å². The number of aliphatic carboxylic acids is 1. The van der Waals surface area contributed by atoms with Crippen molar-refractivity contribution in [2.45, 2.75) is 19.9 Å². The second-order valence-electron chi connectivity index (χ2n) is 4.90. The summed E-state index contributed by atoms with van der Waals surface area (Å²) >= 11 is 0. The van der Waals surface area contributed by atoms with E-state index < -0.39 is 5.97 Å². The van der Waals surface area contributed by atoms with Gasteiger partial charge in [-0.2, -0.15) is 5.10 Å². The number of carboxylic acids is 1. The minimum atomic E-state index is -0.692. The third-order valence-corrected chi connectivity index (χ3v) is 3.87. The lowest BCUT2D eigenvalue weighted by atomic mass is 9.86. The van der Waals surface area contributed by atoms with Gasteiger partial charge in [-0.05, 0) is 18.9 Å². The molecule has 0 aliphatic carbocycles. The first-order valence-corrected chi connectivity index (χ1v) is 5.95. The molecule has 0 amide bonds. The Labute approximate surface area is 101 Å². The monoisotopic (exact) mass is 237 g/mol. The molecule has 1 aliphatic heterocycles. The highest BCUT2D eigenvalue weighted by Gasteiger charge is 2.37. The van der Waals surface area contributed by atoms with Crippen molar-refractivity contribution < 1.29 is 9.90 Å². The van der Waals surface area contributed by atoms with Gasteiger partial charge in [0.15, 0.2) is 0 Å². The lowest BCUT2D eigenvalue weighted by Crippen LogP contribution is -2.51. The molecule has 1 fully saturated rings. The zero-order chi connectivity index (χ0) is 12.6. The third kappa shape index (κ3) is 2.20. The van der Waals surface area contributed by atoms with Gasteiger partial charge in [-0.3, -0.25) is 14.4 Å². The molecule has 1 aromatic rings. The van der Waals surface area contributed by atoms with Gasteiger partial charge in [-0.25, -0.2) is 0 Å². The zero-order valence-electron chi connectivity index (χ0n) is 10.5. The first kappa shape index (κ1) is 12.1. The van der Waals surface area contributed by atoms with Crippen molar-refractivity contribution in [3.05, 3.63) is 18.0 Å². The molecule has 2 atom stereocenters. The largest absolute Gasteiger partial charge is 0.481 e. The SMILES string of the molecule is CC(C(=O)O)C1CN(C(C)c2ccnn2C)C1. The van der Waals surface area contributed by atoms with E-state index in [-0.39, 0.29) is 11.8 Å². The summed E-state index contributed by atoms with van der Waals surface area (Å²) in [6, 6.07) is 2.32. The van der Waals surface area contributed by atoms with Crippen LogP contribution in [-0.4, -0.2) is 38.8 Å². The van der Waals surface area contributed by atoms with Crippen LogP contribution in [0, 0.1) is 11.8 Å². The molecule has 1 aliphatic rings. The molecule has 0 saturated carbocycles. The second kappa shape index (κ2) is 4.49. The second-order valence-corrected chi connectivity index (χ2v) is 4.90. The van der Waals surface area contributed by atoms with Crippen LogP contribution in [0.25, 0.3) is 0 Å². The summed E-state index contributed by atoms with van der Waals surface area (Å²) in [5.41, 5.74) is 1.17. The molecule has 1 aromatic heterocycles. The predicted octanol–water partition coefficient (Wildman–Crippen LogP) is 1.13. The van der Waals surface area contributed by atoms with Crippen LogP contribution in [0.1, 0.15) is 25.6 Å². The van der Waals surface area contributed by atoms with Gasteiger partial charge >= 0.3 is 5.97 Å². The van der Waals surface area contributed by atoms with E-state index >= 15 is 0 Å². The molecule has 17 heavy (non-hydrogen) atoms. The normalized spacial score (nSPS) is 20.9. The average Bonchev–Trinajstić information content (AvgIpc) is 2.61. The topological polar surface area (TPSA) is 58.4 Å². The lowest BCUT2D eigenvalue weighted by Gasteiger charge is -2.44. The fourth-order valence-electron chi connectivity index (χ4n) is 2.36. The molecular weight excluding hydrogens is 218 g/mol. The number of rotatable bonds is 4. The third-order valence-electron chi connectivity index (χ3n) is 3.87. The van der Waals surface area contributed by atoms with Crippen molar-refractivity contribution in [3.8, 4) is 0 Å². The zero-order valence-corrected chi connectivity index (χ0v) is 10.5. The number of aryl methyl sites for hydroxylation is 1. The maximum atomic E-state index is 10.9. The van der Waals surface area contributed by atoms with E-state index in [9.17, 15) is 4.79 Å². The van der Waals surface area contributed by atoms with Crippen LogP contribution in [0.15, 0.2) is 12.3 Å². The summed E-state index contributed by atoms with van der Waals surface area (Å²) in [5.74, 6) is -0.656. The Bertz CT molecular complexity index is 410. The van der Waals surface area contributed by atoms with Gasteiger partial charge in [0.1, 0.15) is 0 Å². The summed E-state index contributed by atoms with van der Waals surface area (Å²) in [6.45, 7) is 5.65. The molecule has 2 unspecified atom stereocenters. The summed E-state index contributed by atoms with van der Waals surface area (Å²) in [5, 5.41) is 13.1. The summed E-state index contributed by atoms with van der Waals surface area (Å²) in [6.07, 6.45) is 1.79. The maximum Gasteiger partial charge on any atom is 0.306 e. The van der Waals surface area contributed by atoms with Gasteiger partial charge in [0.2, 0.25) is 0 Å². The number of aromatic nitrogens is 2. The van der Waals surface area contributed by atoms with Crippen LogP contribution >= 0.6 is 0 Å². The predicted molar refractivity (Wildman–Crippen MR) is 63.5 cm³/mol. The molecule has 0 aromatic carbocycles. The molecular formula is C12H19N3O2. The van der Waals surface area contributed by atoms with Gasteiger partial charge in [-0.1, -0.05) is 6.92 Å². The van der Waals surface area contributed by atoms with Gasteiger partial charge in [0.05, 0.1) is 11.6 Å². The average molecular weight is 237 g/mol. The minimum Gasteiger partial charge on any atom is -0.481 e. The van der Waals surface area contributed by atoms with Crippen molar-refractivity contribution in [2.75, 3.05) is 13.1 Å². The number of carbonyl (C=O) groups is 1. The molecule has 0 bridgehead atoms.